The lowest BCUT2D eigenvalue weighted by Gasteiger charge is -2.11. The van der Waals surface area contributed by atoms with Crippen LogP contribution in [0.1, 0.15) is 6.92 Å². The standard InChI is InChI=1S/C9H14N2O.C2HF3O2/c1-8(11-10)7-12-9-5-3-2-4-6-9;3-2(4,5)1(6)7/h2-6,8,11H,7,10H2,1H3;(H,6,7). The average molecular weight is 280 g/mol. The SMILES string of the molecule is CC(COc1ccccc1)NN.O=C(O)C(F)(F)F. The molecule has 4 N–H and O–H groups in total. The molecule has 5 nitrogen and oxygen atoms in total. The van der Waals surface area contributed by atoms with E-state index in [4.69, 9.17) is 20.5 Å². The van der Waals surface area contributed by atoms with Crippen molar-refractivity contribution >= 4 is 5.97 Å². The van der Waals surface area contributed by atoms with Gasteiger partial charge in [0.1, 0.15) is 12.4 Å². The third-order valence-corrected chi connectivity index (χ3v) is 1.77. The van der Waals surface area contributed by atoms with Crippen LogP contribution in [0.15, 0.2) is 30.3 Å². The first-order chi connectivity index (χ1) is 8.77. The molecule has 1 unspecified atom stereocenters. The zero-order valence-electron chi connectivity index (χ0n) is 10.1. The van der Waals surface area contributed by atoms with Crippen LogP contribution in [0.3, 0.4) is 0 Å². The number of rotatable bonds is 4. The Bertz CT molecular complexity index is 371. The monoisotopic (exact) mass is 280 g/mol. The Morgan fingerprint density at radius 3 is 2.26 bits per heavy atom. The van der Waals surface area contributed by atoms with E-state index in [0.717, 1.165) is 5.75 Å². The van der Waals surface area contributed by atoms with E-state index < -0.39 is 12.1 Å². The van der Waals surface area contributed by atoms with Gasteiger partial charge in [0.25, 0.3) is 0 Å². The van der Waals surface area contributed by atoms with Gasteiger partial charge in [0.05, 0.1) is 6.04 Å². The third-order valence-electron chi connectivity index (χ3n) is 1.77. The quantitative estimate of drug-likeness (QED) is 0.575. The second-order valence-corrected chi connectivity index (χ2v) is 3.49. The van der Waals surface area contributed by atoms with E-state index in [1.54, 1.807) is 0 Å². The van der Waals surface area contributed by atoms with Crippen molar-refractivity contribution < 1.29 is 27.8 Å². The molecular formula is C11H15F3N2O3. The highest BCUT2D eigenvalue weighted by molar-refractivity contribution is 5.73. The molecule has 1 atom stereocenters. The van der Waals surface area contributed by atoms with Crippen molar-refractivity contribution in [2.24, 2.45) is 5.84 Å². The molecule has 0 amide bonds. The summed E-state index contributed by atoms with van der Waals surface area (Å²) < 4.78 is 37.2. The van der Waals surface area contributed by atoms with Gasteiger partial charge >= 0.3 is 12.1 Å². The number of hydrogen-bond acceptors (Lipinski definition) is 4. The fourth-order valence-corrected chi connectivity index (χ4v) is 0.786. The Morgan fingerprint density at radius 2 is 1.89 bits per heavy atom. The molecule has 0 saturated carbocycles. The van der Waals surface area contributed by atoms with Gasteiger partial charge in [-0.3, -0.25) is 11.3 Å². The molecule has 108 valence electrons. The van der Waals surface area contributed by atoms with E-state index in [1.807, 2.05) is 37.3 Å². The average Bonchev–Trinajstić information content (AvgIpc) is 2.36. The van der Waals surface area contributed by atoms with Crippen molar-refractivity contribution in [1.82, 2.24) is 5.43 Å². The number of para-hydroxylation sites is 1. The number of hydrazine groups is 1. The van der Waals surface area contributed by atoms with E-state index in [-0.39, 0.29) is 6.04 Å². The van der Waals surface area contributed by atoms with Crippen LogP contribution < -0.4 is 16.0 Å². The Hall–Kier alpha value is -1.80. The Balaban J connectivity index is 0.000000399. The Kier molecular flexibility index (Phi) is 7.54. The smallest absolute Gasteiger partial charge is 0.490 e. The minimum Gasteiger partial charge on any atom is -0.492 e. The number of carboxylic acid groups (broad SMARTS) is 1. The van der Waals surface area contributed by atoms with E-state index in [0.29, 0.717) is 6.61 Å². The van der Waals surface area contributed by atoms with Gasteiger partial charge in [0.2, 0.25) is 0 Å². The number of alkyl halides is 3. The highest BCUT2D eigenvalue weighted by Gasteiger charge is 2.38. The first-order valence-corrected chi connectivity index (χ1v) is 5.21. The van der Waals surface area contributed by atoms with Gasteiger partial charge in [-0.2, -0.15) is 13.2 Å². The minimum atomic E-state index is -5.08. The second kappa shape index (κ2) is 8.33. The summed E-state index contributed by atoms with van der Waals surface area (Å²) in [6.45, 7) is 2.55. The number of halogens is 3. The van der Waals surface area contributed by atoms with Crippen LogP contribution >= 0.6 is 0 Å². The molecular weight excluding hydrogens is 265 g/mol. The number of carboxylic acids is 1. The normalized spacial score (nSPS) is 12.1. The molecule has 0 radical (unpaired) electrons. The van der Waals surface area contributed by atoms with Crippen LogP contribution in [0, 0.1) is 0 Å². The topological polar surface area (TPSA) is 84.6 Å². The third kappa shape index (κ3) is 8.86. The number of benzene rings is 1. The lowest BCUT2D eigenvalue weighted by atomic mass is 10.3. The minimum absolute atomic E-state index is 0.171. The number of hydrogen-bond donors (Lipinski definition) is 3. The summed E-state index contributed by atoms with van der Waals surface area (Å²) in [6.07, 6.45) is -5.08. The predicted molar refractivity (Wildman–Crippen MR) is 62.4 cm³/mol. The first-order valence-electron chi connectivity index (χ1n) is 5.21. The van der Waals surface area contributed by atoms with Gasteiger partial charge in [-0.25, -0.2) is 4.79 Å². The molecule has 0 aliphatic rings. The van der Waals surface area contributed by atoms with E-state index >= 15 is 0 Å². The highest BCUT2D eigenvalue weighted by Crippen LogP contribution is 2.13. The van der Waals surface area contributed by atoms with Crippen LogP contribution in [-0.4, -0.2) is 29.9 Å². The summed E-state index contributed by atoms with van der Waals surface area (Å²) in [6, 6.07) is 9.85. The fourth-order valence-electron chi connectivity index (χ4n) is 0.786. The lowest BCUT2D eigenvalue weighted by Crippen LogP contribution is -2.36. The molecule has 0 aliphatic carbocycles. The molecule has 0 spiro atoms. The first kappa shape index (κ1) is 17.2. The van der Waals surface area contributed by atoms with Crippen LogP contribution in [-0.2, 0) is 4.79 Å². The number of carbonyl (C=O) groups is 1. The summed E-state index contributed by atoms with van der Waals surface area (Å²) in [5, 5.41) is 7.12. The molecule has 0 fully saturated rings. The van der Waals surface area contributed by atoms with Crippen molar-refractivity contribution in [2.75, 3.05) is 6.61 Å². The zero-order valence-corrected chi connectivity index (χ0v) is 10.1. The van der Waals surface area contributed by atoms with Gasteiger partial charge in [-0.15, -0.1) is 0 Å². The fraction of sp³-hybridized carbons (Fsp3) is 0.364. The lowest BCUT2D eigenvalue weighted by molar-refractivity contribution is -0.192. The highest BCUT2D eigenvalue weighted by atomic mass is 19.4. The largest absolute Gasteiger partial charge is 0.492 e. The zero-order chi connectivity index (χ0) is 14.9. The molecule has 0 heterocycles. The molecule has 0 saturated heterocycles. The van der Waals surface area contributed by atoms with E-state index in [2.05, 4.69) is 5.43 Å². The maximum absolute atomic E-state index is 10.6. The van der Waals surface area contributed by atoms with Crippen molar-refractivity contribution in [3.05, 3.63) is 30.3 Å². The molecule has 0 aromatic heterocycles. The van der Waals surface area contributed by atoms with Crippen molar-refractivity contribution in [3.63, 3.8) is 0 Å². The summed E-state index contributed by atoms with van der Waals surface area (Å²) in [5.74, 6) is 3.32. The summed E-state index contributed by atoms with van der Waals surface area (Å²) in [4.78, 5) is 8.90. The predicted octanol–water partition coefficient (Wildman–Crippen LogP) is 1.55. The molecule has 8 heteroatoms. The van der Waals surface area contributed by atoms with Crippen molar-refractivity contribution in [3.8, 4) is 5.75 Å². The maximum Gasteiger partial charge on any atom is 0.490 e. The van der Waals surface area contributed by atoms with Crippen LogP contribution in [0.5, 0.6) is 5.75 Å². The van der Waals surface area contributed by atoms with E-state index in [1.165, 1.54) is 0 Å². The van der Waals surface area contributed by atoms with E-state index in [9.17, 15) is 13.2 Å². The van der Waals surface area contributed by atoms with Crippen molar-refractivity contribution in [2.45, 2.75) is 19.1 Å². The van der Waals surface area contributed by atoms with Gasteiger partial charge in [-0.05, 0) is 19.1 Å². The summed E-state index contributed by atoms with van der Waals surface area (Å²) in [7, 11) is 0. The molecule has 1 rings (SSSR count). The summed E-state index contributed by atoms with van der Waals surface area (Å²) in [5.41, 5.74) is 2.61. The Morgan fingerprint density at radius 1 is 1.42 bits per heavy atom. The number of nitrogens with one attached hydrogen (secondary N) is 1. The van der Waals surface area contributed by atoms with Crippen LogP contribution in [0.25, 0.3) is 0 Å². The molecule has 0 bridgehead atoms. The Labute approximate surface area is 108 Å². The van der Waals surface area contributed by atoms with Gasteiger partial charge in [0, 0.05) is 0 Å². The van der Waals surface area contributed by atoms with Crippen LogP contribution in [0.4, 0.5) is 13.2 Å². The molecule has 19 heavy (non-hydrogen) atoms. The summed E-state index contributed by atoms with van der Waals surface area (Å²) >= 11 is 0. The number of aliphatic carboxylic acids is 1. The van der Waals surface area contributed by atoms with Gasteiger partial charge in [0.15, 0.2) is 0 Å². The number of ether oxygens (including phenoxy) is 1. The molecule has 1 aromatic carbocycles. The maximum atomic E-state index is 10.6. The van der Waals surface area contributed by atoms with Crippen LogP contribution in [0.2, 0.25) is 0 Å². The molecule has 1 aromatic rings. The van der Waals surface area contributed by atoms with Gasteiger partial charge in [-0.1, -0.05) is 18.2 Å². The van der Waals surface area contributed by atoms with Gasteiger partial charge < -0.3 is 9.84 Å². The number of nitrogens with two attached hydrogens (primary N) is 1. The van der Waals surface area contributed by atoms with Crippen molar-refractivity contribution in [1.29, 1.82) is 0 Å². The second-order valence-electron chi connectivity index (χ2n) is 3.49. The molecule has 0 aliphatic heterocycles.